The van der Waals surface area contributed by atoms with E-state index in [1.165, 1.54) is 4.90 Å². The number of thioether (sulfide) groups is 1. The van der Waals surface area contributed by atoms with Gasteiger partial charge < -0.3 is 9.73 Å². The van der Waals surface area contributed by atoms with Crippen molar-refractivity contribution in [3.8, 4) is 0 Å². The quantitative estimate of drug-likeness (QED) is 0.778. The summed E-state index contributed by atoms with van der Waals surface area (Å²) in [4.78, 5) is 25.9. The fraction of sp³-hybridized carbons (Fsp3) is 0.125. The minimum absolute atomic E-state index is 0.126. The molecule has 118 valence electrons. The molecule has 0 spiro atoms. The SMILES string of the molecule is Cc1ccc(/C=C2/SC(=O)N(CNc3ccc(Br)cc3)C2=O)o1. The number of anilines is 1. The predicted octanol–water partition coefficient (Wildman–Crippen LogP) is 4.46. The van der Waals surface area contributed by atoms with E-state index in [1.807, 2.05) is 37.3 Å². The summed E-state index contributed by atoms with van der Waals surface area (Å²) in [6.45, 7) is 1.95. The van der Waals surface area contributed by atoms with E-state index in [0.29, 0.717) is 10.7 Å². The Morgan fingerprint density at radius 1 is 1.22 bits per heavy atom. The molecule has 0 bridgehead atoms. The molecular formula is C16H13BrN2O3S. The van der Waals surface area contributed by atoms with E-state index >= 15 is 0 Å². The third-order valence-corrected chi connectivity index (χ3v) is 4.63. The summed E-state index contributed by atoms with van der Waals surface area (Å²) in [6.07, 6.45) is 1.59. The number of amides is 2. The highest BCUT2D eigenvalue weighted by Crippen LogP contribution is 2.32. The predicted molar refractivity (Wildman–Crippen MR) is 93.9 cm³/mol. The summed E-state index contributed by atoms with van der Waals surface area (Å²) in [5.41, 5.74) is 0.831. The molecule has 7 heteroatoms. The van der Waals surface area contributed by atoms with Crippen LogP contribution in [0, 0.1) is 6.92 Å². The summed E-state index contributed by atoms with van der Waals surface area (Å²) in [7, 11) is 0. The van der Waals surface area contributed by atoms with Crippen LogP contribution in [0.25, 0.3) is 6.08 Å². The standard InChI is InChI=1S/C16H13BrN2O3S/c1-10-2-7-13(22-10)8-14-15(20)19(16(21)23-14)9-18-12-5-3-11(17)4-6-12/h2-8,18H,9H2,1H3/b14-8+. The Morgan fingerprint density at radius 2 is 1.96 bits per heavy atom. The first kappa shape index (κ1) is 15.9. The maximum Gasteiger partial charge on any atom is 0.295 e. The lowest BCUT2D eigenvalue weighted by Gasteiger charge is -2.14. The van der Waals surface area contributed by atoms with E-state index in [1.54, 1.807) is 12.1 Å². The monoisotopic (exact) mass is 392 g/mol. The first-order chi connectivity index (χ1) is 11.0. The van der Waals surface area contributed by atoms with Gasteiger partial charge in [0.2, 0.25) is 0 Å². The number of aryl methyl sites for hydroxylation is 1. The molecule has 0 aliphatic carbocycles. The largest absolute Gasteiger partial charge is 0.462 e. The van der Waals surface area contributed by atoms with Crippen LogP contribution < -0.4 is 5.32 Å². The third-order valence-electron chi connectivity index (χ3n) is 3.19. The second kappa shape index (κ2) is 6.64. The first-order valence-electron chi connectivity index (χ1n) is 6.84. The van der Waals surface area contributed by atoms with Crippen LogP contribution in [0.1, 0.15) is 11.5 Å². The Hall–Kier alpha value is -1.99. The molecule has 0 saturated carbocycles. The highest BCUT2D eigenvalue weighted by molar-refractivity contribution is 9.10. The lowest BCUT2D eigenvalue weighted by Crippen LogP contribution is -2.33. The van der Waals surface area contributed by atoms with E-state index in [9.17, 15) is 9.59 Å². The Morgan fingerprint density at radius 3 is 2.61 bits per heavy atom. The van der Waals surface area contributed by atoms with Crippen LogP contribution in [0.2, 0.25) is 0 Å². The van der Waals surface area contributed by atoms with Gasteiger partial charge >= 0.3 is 0 Å². The lowest BCUT2D eigenvalue weighted by molar-refractivity contribution is -0.122. The van der Waals surface area contributed by atoms with E-state index in [-0.39, 0.29) is 17.8 Å². The van der Waals surface area contributed by atoms with Crippen molar-refractivity contribution in [1.82, 2.24) is 4.90 Å². The van der Waals surface area contributed by atoms with Crippen LogP contribution in [0.4, 0.5) is 10.5 Å². The zero-order valence-electron chi connectivity index (χ0n) is 12.2. The topological polar surface area (TPSA) is 62.6 Å². The van der Waals surface area contributed by atoms with Crippen molar-refractivity contribution in [3.05, 3.63) is 57.3 Å². The zero-order chi connectivity index (χ0) is 16.4. The molecule has 1 aromatic heterocycles. The molecule has 0 unspecified atom stereocenters. The third kappa shape index (κ3) is 3.68. The molecule has 2 aromatic rings. The van der Waals surface area contributed by atoms with Gasteiger partial charge in [-0.1, -0.05) is 15.9 Å². The highest BCUT2D eigenvalue weighted by atomic mass is 79.9. The van der Waals surface area contributed by atoms with Gasteiger partial charge in [-0.2, -0.15) is 0 Å². The average molecular weight is 393 g/mol. The molecular weight excluding hydrogens is 380 g/mol. The number of hydrogen-bond acceptors (Lipinski definition) is 5. The average Bonchev–Trinajstić information content (AvgIpc) is 3.04. The van der Waals surface area contributed by atoms with Gasteiger partial charge in [-0.25, -0.2) is 0 Å². The van der Waals surface area contributed by atoms with Crippen molar-refractivity contribution in [1.29, 1.82) is 0 Å². The minimum Gasteiger partial charge on any atom is -0.462 e. The number of nitrogens with zero attached hydrogens (tertiary/aromatic N) is 1. The maximum absolute atomic E-state index is 12.3. The van der Waals surface area contributed by atoms with Gasteiger partial charge in [0.15, 0.2) is 0 Å². The van der Waals surface area contributed by atoms with E-state index < -0.39 is 0 Å². The number of furan rings is 1. The van der Waals surface area contributed by atoms with Gasteiger partial charge in [-0.05, 0) is 55.1 Å². The van der Waals surface area contributed by atoms with Crippen LogP contribution in [-0.2, 0) is 4.79 Å². The number of nitrogens with one attached hydrogen (secondary N) is 1. The summed E-state index contributed by atoms with van der Waals surface area (Å²) < 4.78 is 6.38. The molecule has 2 amide bonds. The van der Waals surface area contributed by atoms with Gasteiger partial charge in [-0.3, -0.25) is 14.5 Å². The van der Waals surface area contributed by atoms with Crippen molar-refractivity contribution in [2.75, 3.05) is 12.0 Å². The van der Waals surface area contributed by atoms with Gasteiger partial charge in [0.1, 0.15) is 11.5 Å². The number of imide groups is 1. The number of carbonyl (C=O) groups excluding carboxylic acids is 2. The number of halogens is 1. The second-order valence-corrected chi connectivity index (χ2v) is 6.81. The van der Waals surface area contributed by atoms with E-state index in [4.69, 9.17) is 4.42 Å². The fourth-order valence-corrected chi connectivity index (χ4v) is 3.12. The van der Waals surface area contributed by atoms with Gasteiger partial charge in [0.05, 0.1) is 11.6 Å². The van der Waals surface area contributed by atoms with Crippen LogP contribution in [0.5, 0.6) is 0 Å². The smallest absolute Gasteiger partial charge is 0.295 e. The second-order valence-electron chi connectivity index (χ2n) is 4.90. The zero-order valence-corrected chi connectivity index (χ0v) is 14.6. The summed E-state index contributed by atoms with van der Waals surface area (Å²) in [5.74, 6) is 1.000. The number of carbonyl (C=O) groups is 2. The first-order valence-corrected chi connectivity index (χ1v) is 8.45. The maximum atomic E-state index is 12.3. The molecule has 1 aliphatic heterocycles. The lowest BCUT2D eigenvalue weighted by atomic mass is 10.3. The van der Waals surface area contributed by atoms with E-state index in [2.05, 4.69) is 21.2 Å². The van der Waals surface area contributed by atoms with Crippen LogP contribution in [0.3, 0.4) is 0 Å². The van der Waals surface area contributed by atoms with Crippen LogP contribution >= 0.6 is 27.7 Å². The Bertz CT molecular complexity index is 783. The van der Waals surface area contributed by atoms with Crippen LogP contribution in [-0.4, -0.2) is 22.7 Å². The van der Waals surface area contributed by atoms with Crippen molar-refractivity contribution in [2.45, 2.75) is 6.92 Å². The normalized spacial score (nSPS) is 16.4. The van der Waals surface area contributed by atoms with Crippen LogP contribution in [0.15, 0.2) is 50.2 Å². The highest BCUT2D eigenvalue weighted by Gasteiger charge is 2.35. The molecule has 5 nitrogen and oxygen atoms in total. The van der Waals surface area contributed by atoms with Gasteiger partial charge in [0, 0.05) is 16.2 Å². The molecule has 0 radical (unpaired) electrons. The fourth-order valence-electron chi connectivity index (χ4n) is 2.03. The molecule has 1 fully saturated rings. The molecule has 1 N–H and O–H groups in total. The Balaban J connectivity index is 1.69. The minimum atomic E-state index is -0.321. The summed E-state index contributed by atoms with van der Waals surface area (Å²) in [6, 6.07) is 11.1. The molecule has 1 saturated heterocycles. The molecule has 1 aromatic carbocycles. The number of rotatable bonds is 4. The van der Waals surface area contributed by atoms with Crippen molar-refractivity contribution >= 4 is 50.6 Å². The van der Waals surface area contributed by atoms with E-state index in [0.717, 1.165) is 27.7 Å². The summed E-state index contributed by atoms with van der Waals surface area (Å²) >= 11 is 4.27. The number of benzene rings is 1. The van der Waals surface area contributed by atoms with Crippen molar-refractivity contribution in [2.24, 2.45) is 0 Å². The number of hydrogen-bond donors (Lipinski definition) is 1. The molecule has 23 heavy (non-hydrogen) atoms. The Labute approximate surface area is 145 Å². The Kier molecular flexibility index (Phi) is 4.58. The molecule has 2 heterocycles. The molecule has 3 rings (SSSR count). The van der Waals surface area contributed by atoms with Gasteiger partial charge in [0.25, 0.3) is 11.1 Å². The molecule has 1 aliphatic rings. The summed E-state index contributed by atoms with van der Waals surface area (Å²) in [5, 5.41) is 2.77. The van der Waals surface area contributed by atoms with Crippen molar-refractivity contribution < 1.29 is 14.0 Å². The van der Waals surface area contributed by atoms with Gasteiger partial charge in [-0.15, -0.1) is 0 Å². The molecule has 0 atom stereocenters. The van der Waals surface area contributed by atoms with Crippen molar-refractivity contribution in [3.63, 3.8) is 0 Å².